The number of benzene rings is 1. The molecule has 6 heteroatoms. The average Bonchev–Trinajstić information content (AvgIpc) is 2.64. The lowest BCUT2D eigenvalue weighted by Crippen LogP contribution is -2.02. The van der Waals surface area contributed by atoms with E-state index < -0.39 is 0 Å². The molecule has 0 spiro atoms. The third-order valence-electron chi connectivity index (χ3n) is 2.31. The zero-order chi connectivity index (χ0) is 12.4. The first-order valence-corrected chi connectivity index (χ1v) is 5.94. The Morgan fingerprint density at radius 1 is 1.29 bits per heavy atom. The van der Waals surface area contributed by atoms with Gasteiger partial charge in [-0.25, -0.2) is 4.39 Å². The van der Waals surface area contributed by atoms with Crippen molar-refractivity contribution in [3.63, 3.8) is 0 Å². The Bertz CT molecular complexity index is 540. The molecule has 0 aliphatic heterocycles. The first kappa shape index (κ1) is 12.3. The van der Waals surface area contributed by atoms with E-state index in [1.807, 2.05) is 6.92 Å². The molecule has 0 aliphatic carbocycles. The second kappa shape index (κ2) is 5.02. The molecule has 1 heterocycles. The molecule has 0 amide bonds. The fourth-order valence-electron chi connectivity index (χ4n) is 1.58. The third-order valence-corrected chi connectivity index (χ3v) is 2.88. The molecule has 0 unspecified atom stereocenters. The SMILES string of the molecule is CCCc1nnc(Cl)n1-c1cc(F)ccc1Cl. The van der Waals surface area contributed by atoms with Gasteiger partial charge < -0.3 is 0 Å². The maximum absolute atomic E-state index is 13.2. The van der Waals surface area contributed by atoms with Gasteiger partial charge in [-0.2, -0.15) is 0 Å². The van der Waals surface area contributed by atoms with Gasteiger partial charge in [-0.1, -0.05) is 18.5 Å². The summed E-state index contributed by atoms with van der Waals surface area (Å²) in [6.07, 6.45) is 1.59. The lowest BCUT2D eigenvalue weighted by atomic mass is 10.2. The molecule has 0 fully saturated rings. The van der Waals surface area contributed by atoms with Crippen LogP contribution in [0.1, 0.15) is 19.2 Å². The van der Waals surface area contributed by atoms with E-state index in [0.29, 0.717) is 23.0 Å². The number of aromatic nitrogens is 3. The molecule has 0 saturated heterocycles. The molecule has 1 aromatic heterocycles. The predicted molar refractivity (Wildman–Crippen MR) is 65.3 cm³/mol. The van der Waals surface area contributed by atoms with Gasteiger partial charge in [0.2, 0.25) is 5.28 Å². The summed E-state index contributed by atoms with van der Waals surface area (Å²) in [6, 6.07) is 4.10. The summed E-state index contributed by atoms with van der Waals surface area (Å²) in [5, 5.41) is 8.32. The fraction of sp³-hybridized carbons (Fsp3) is 0.273. The molecule has 0 radical (unpaired) electrons. The van der Waals surface area contributed by atoms with E-state index in [1.54, 1.807) is 4.57 Å². The number of hydrogen-bond donors (Lipinski definition) is 0. The second-order valence-electron chi connectivity index (χ2n) is 3.57. The molecular weight excluding hydrogens is 264 g/mol. The van der Waals surface area contributed by atoms with E-state index in [0.717, 1.165) is 6.42 Å². The number of halogens is 3. The van der Waals surface area contributed by atoms with Gasteiger partial charge >= 0.3 is 0 Å². The highest BCUT2D eigenvalue weighted by Gasteiger charge is 2.14. The van der Waals surface area contributed by atoms with Crippen LogP contribution in [-0.2, 0) is 6.42 Å². The highest BCUT2D eigenvalue weighted by atomic mass is 35.5. The summed E-state index contributed by atoms with van der Waals surface area (Å²) in [5.74, 6) is 0.293. The number of nitrogens with zero attached hydrogens (tertiary/aromatic N) is 3. The maximum Gasteiger partial charge on any atom is 0.229 e. The van der Waals surface area contributed by atoms with Crippen molar-refractivity contribution in [2.75, 3.05) is 0 Å². The van der Waals surface area contributed by atoms with Crippen LogP contribution in [0, 0.1) is 5.82 Å². The lowest BCUT2D eigenvalue weighted by molar-refractivity contribution is 0.626. The summed E-state index contributed by atoms with van der Waals surface area (Å²) in [5.41, 5.74) is 0.463. The van der Waals surface area contributed by atoms with E-state index in [4.69, 9.17) is 23.2 Å². The molecule has 3 nitrogen and oxygen atoms in total. The molecule has 2 aromatic rings. The number of aryl methyl sites for hydroxylation is 1. The molecule has 17 heavy (non-hydrogen) atoms. The maximum atomic E-state index is 13.2. The quantitative estimate of drug-likeness (QED) is 0.855. The predicted octanol–water partition coefficient (Wildman–Crippen LogP) is 3.67. The van der Waals surface area contributed by atoms with Crippen molar-refractivity contribution < 1.29 is 4.39 Å². The molecule has 0 aliphatic rings. The summed E-state index contributed by atoms with van der Waals surface area (Å²) < 4.78 is 14.8. The Balaban J connectivity index is 2.58. The average molecular weight is 274 g/mol. The van der Waals surface area contributed by atoms with Gasteiger partial charge in [-0.3, -0.25) is 4.57 Å². The van der Waals surface area contributed by atoms with Crippen molar-refractivity contribution in [2.45, 2.75) is 19.8 Å². The van der Waals surface area contributed by atoms with Gasteiger partial charge in [0.1, 0.15) is 11.6 Å². The first-order valence-electron chi connectivity index (χ1n) is 5.18. The van der Waals surface area contributed by atoms with Gasteiger partial charge in [-0.15, -0.1) is 10.2 Å². The minimum Gasteiger partial charge on any atom is -0.268 e. The molecule has 0 atom stereocenters. The van der Waals surface area contributed by atoms with Crippen LogP contribution in [0.5, 0.6) is 0 Å². The summed E-state index contributed by atoms with van der Waals surface area (Å²) in [7, 11) is 0. The van der Waals surface area contributed by atoms with Crippen LogP contribution in [0.3, 0.4) is 0 Å². The first-order chi connectivity index (χ1) is 8.13. The van der Waals surface area contributed by atoms with E-state index in [9.17, 15) is 4.39 Å². The monoisotopic (exact) mass is 273 g/mol. The second-order valence-corrected chi connectivity index (χ2v) is 4.31. The summed E-state index contributed by atoms with van der Waals surface area (Å²) >= 11 is 12.0. The third kappa shape index (κ3) is 2.42. The highest BCUT2D eigenvalue weighted by Crippen LogP contribution is 2.25. The Kier molecular flexibility index (Phi) is 3.64. The largest absolute Gasteiger partial charge is 0.268 e. The van der Waals surface area contributed by atoms with Gasteiger partial charge in [0, 0.05) is 6.42 Å². The van der Waals surface area contributed by atoms with Crippen LogP contribution < -0.4 is 0 Å². The van der Waals surface area contributed by atoms with Crippen LogP contribution in [0.4, 0.5) is 4.39 Å². The molecule has 1 aromatic carbocycles. The van der Waals surface area contributed by atoms with E-state index in [2.05, 4.69) is 10.2 Å². The lowest BCUT2D eigenvalue weighted by Gasteiger charge is -2.09. The molecule has 90 valence electrons. The topological polar surface area (TPSA) is 30.7 Å². The molecule has 0 bridgehead atoms. The minimum atomic E-state index is -0.378. The zero-order valence-corrected chi connectivity index (χ0v) is 10.6. The standard InChI is InChI=1S/C11H10Cl2FN3/c1-2-3-10-15-16-11(13)17(10)9-6-7(14)4-5-8(9)12/h4-6H,2-3H2,1H3. The normalized spacial score (nSPS) is 10.8. The van der Waals surface area contributed by atoms with Gasteiger partial charge in [0.25, 0.3) is 0 Å². The molecular formula is C11H10Cl2FN3. The van der Waals surface area contributed by atoms with Crippen LogP contribution in [0.25, 0.3) is 5.69 Å². The summed E-state index contributed by atoms with van der Waals surface area (Å²) in [4.78, 5) is 0. The fourth-order valence-corrected chi connectivity index (χ4v) is 2.00. The van der Waals surface area contributed by atoms with Gasteiger partial charge in [-0.05, 0) is 36.2 Å². The van der Waals surface area contributed by atoms with Crippen LogP contribution in [0.15, 0.2) is 18.2 Å². The Labute approximate surface area is 108 Å². The van der Waals surface area contributed by atoms with Crippen molar-refractivity contribution in [3.8, 4) is 5.69 Å². The van der Waals surface area contributed by atoms with E-state index in [1.165, 1.54) is 18.2 Å². The summed E-state index contributed by atoms with van der Waals surface area (Å²) in [6.45, 7) is 2.01. The van der Waals surface area contributed by atoms with Gasteiger partial charge in [0.15, 0.2) is 0 Å². The highest BCUT2D eigenvalue weighted by molar-refractivity contribution is 6.33. The smallest absolute Gasteiger partial charge is 0.229 e. The Morgan fingerprint density at radius 3 is 2.76 bits per heavy atom. The number of rotatable bonds is 3. The van der Waals surface area contributed by atoms with E-state index >= 15 is 0 Å². The van der Waals surface area contributed by atoms with Crippen molar-refractivity contribution in [2.24, 2.45) is 0 Å². The Morgan fingerprint density at radius 2 is 2.06 bits per heavy atom. The number of hydrogen-bond acceptors (Lipinski definition) is 2. The van der Waals surface area contributed by atoms with Crippen molar-refractivity contribution >= 4 is 23.2 Å². The minimum absolute atomic E-state index is 0.181. The van der Waals surface area contributed by atoms with Crippen molar-refractivity contribution in [3.05, 3.63) is 40.1 Å². The van der Waals surface area contributed by atoms with Crippen LogP contribution in [0.2, 0.25) is 10.3 Å². The van der Waals surface area contributed by atoms with Crippen molar-refractivity contribution in [1.82, 2.24) is 14.8 Å². The molecule has 0 N–H and O–H groups in total. The van der Waals surface area contributed by atoms with Crippen LogP contribution in [-0.4, -0.2) is 14.8 Å². The Hall–Kier alpha value is -1.13. The van der Waals surface area contributed by atoms with E-state index in [-0.39, 0.29) is 11.1 Å². The van der Waals surface area contributed by atoms with Gasteiger partial charge in [0.05, 0.1) is 10.7 Å². The zero-order valence-electron chi connectivity index (χ0n) is 9.12. The molecule has 0 saturated carbocycles. The molecule has 2 rings (SSSR count). The van der Waals surface area contributed by atoms with Crippen molar-refractivity contribution in [1.29, 1.82) is 0 Å². The van der Waals surface area contributed by atoms with Crippen LogP contribution >= 0.6 is 23.2 Å².